The minimum Gasteiger partial charge on any atom is -0.335 e. The van der Waals surface area contributed by atoms with Crippen molar-refractivity contribution >= 4 is 11.7 Å². The third-order valence-corrected chi connectivity index (χ3v) is 5.36. The Morgan fingerprint density at radius 1 is 1.28 bits per heavy atom. The van der Waals surface area contributed by atoms with E-state index in [9.17, 15) is 4.79 Å². The number of rotatable bonds is 4. The zero-order valence-corrected chi connectivity index (χ0v) is 15.5. The normalized spacial score (nSPS) is 17.6. The third kappa shape index (κ3) is 4.03. The highest BCUT2D eigenvalue weighted by atomic mass is 16.2. The van der Waals surface area contributed by atoms with Gasteiger partial charge in [0.25, 0.3) is 0 Å². The lowest BCUT2D eigenvalue weighted by atomic mass is 9.99. The standard InChI is InChI=1S/C20H28N4O/c1-15-7-6-9-19(16(15)2)22-20(25)24-12-5-4-8-18(24)10-13-23-14-11-21-17(23)3/h6-7,9,11,14,18H,4-5,8,10,12-13H2,1-3H3,(H,22,25)/t18-/m1/s1. The lowest BCUT2D eigenvalue weighted by molar-refractivity contribution is 0.155. The molecule has 0 saturated carbocycles. The van der Waals surface area contributed by atoms with Crippen molar-refractivity contribution in [3.8, 4) is 0 Å². The molecule has 25 heavy (non-hydrogen) atoms. The predicted molar refractivity (Wildman–Crippen MR) is 101 cm³/mol. The molecule has 1 aromatic heterocycles. The van der Waals surface area contributed by atoms with Gasteiger partial charge in [0.15, 0.2) is 0 Å². The van der Waals surface area contributed by atoms with Gasteiger partial charge in [-0.2, -0.15) is 0 Å². The highest BCUT2D eigenvalue weighted by molar-refractivity contribution is 5.90. The molecule has 1 N–H and O–H groups in total. The Morgan fingerprint density at radius 2 is 2.12 bits per heavy atom. The third-order valence-electron chi connectivity index (χ3n) is 5.36. The van der Waals surface area contributed by atoms with Crippen LogP contribution >= 0.6 is 0 Å². The molecule has 0 spiro atoms. The largest absolute Gasteiger partial charge is 0.335 e. The van der Waals surface area contributed by atoms with Gasteiger partial charge in [-0.3, -0.25) is 0 Å². The maximum absolute atomic E-state index is 12.9. The fraction of sp³-hybridized carbons (Fsp3) is 0.500. The molecule has 0 aliphatic carbocycles. The summed E-state index contributed by atoms with van der Waals surface area (Å²) >= 11 is 0. The van der Waals surface area contributed by atoms with E-state index in [1.165, 1.54) is 12.0 Å². The Hall–Kier alpha value is -2.30. The quantitative estimate of drug-likeness (QED) is 0.903. The second kappa shape index (κ2) is 7.72. The van der Waals surface area contributed by atoms with Gasteiger partial charge in [0.2, 0.25) is 0 Å². The van der Waals surface area contributed by atoms with Gasteiger partial charge in [-0.15, -0.1) is 0 Å². The van der Waals surface area contributed by atoms with E-state index < -0.39 is 0 Å². The second-order valence-electron chi connectivity index (χ2n) is 6.98. The Kier molecular flexibility index (Phi) is 5.41. The van der Waals surface area contributed by atoms with Crippen LogP contribution in [0, 0.1) is 20.8 Å². The fourth-order valence-corrected chi connectivity index (χ4v) is 3.57. The summed E-state index contributed by atoms with van der Waals surface area (Å²) in [6, 6.07) is 6.37. The maximum atomic E-state index is 12.9. The molecule has 1 fully saturated rings. The Bertz CT molecular complexity index is 737. The van der Waals surface area contributed by atoms with Crippen molar-refractivity contribution in [1.82, 2.24) is 14.5 Å². The van der Waals surface area contributed by atoms with Crippen molar-refractivity contribution in [2.24, 2.45) is 0 Å². The molecule has 0 bridgehead atoms. The van der Waals surface area contributed by atoms with Crippen molar-refractivity contribution in [3.63, 3.8) is 0 Å². The maximum Gasteiger partial charge on any atom is 0.322 e. The molecular formula is C20H28N4O. The summed E-state index contributed by atoms with van der Waals surface area (Å²) in [5, 5.41) is 3.12. The van der Waals surface area contributed by atoms with Gasteiger partial charge in [-0.1, -0.05) is 12.1 Å². The number of anilines is 1. The van der Waals surface area contributed by atoms with Crippen LogP contribution in [0.15, 0.2) is 30.6 Å². The van der Waals surface area contributed by atoms with E-state index in [4.69, 9.17) is 0 Å². The number of aryl methyl sites for hydroxylation is 3. The molecular weight excluding hydrogens is 312 g/mol. The molecule has 2 aromatic rings. The van der Waals surface area contributed by atoms with Gasteiger partial charge >= 0.3 is 6.03 Å². The number of nitrogens with one attached hydrogen (secondary N) is 1. The van der Waals surface area contributed by atoms with Crippen LogP contribution in [0.3, 0.4) is 0 Å². The van der Waals surface area contributed by atoms with Crippen molar-refractivity contribution in [2.45, 2.75) is 59.0 Å². The summed E-state index contributed by atoms with van der Waals surface area (Å²) in [5.41, 5.74) is 3.25. The molecule has 2 amide bonds. The van der Waals surface area contributed by atoms with Crippen LogP contribution in [-0.4, -0.2) is 33.1 Å². The number of imidazole rings is 1. The van der Waals surface area contributed by atoms with Crippen LogP contribution in [-0.2, 0) is 6.54 Å². The number of benzene rings is 1. The first-order valence-corrected chi connectivity index (χ1v) is 9.18. The van der Waals surface area contributed by atoms with E-state index in [1.807, 2.05) is 36.4 Å². The summed E-state index contributed by atoms with van der Waals surface area (Å²) in [4.78, 5) is 19.2. The number of urea groups is 1. The molecule has 0 unspecified atom stereocenters. The van der Waals surface area contributed by atoms with E-state index in [2.05, 4.69) is 34.8 Å². The van der Waals surface area contributed by atoms with E-state index in [1.54, 1.807) is 0 Å². The molecule has 1 saturated heterocycles. The zero-order valence-electron chi connectivity index (χ0n) is 15.5. The van der Waals surface area contributed by atoms with Crippen LogP contribution in [0.4, 0.5) is 10.5 Å². The van der Waals surface area contributed by atoms with E-state index in [0.29, 0.717) is 6.04 Å². The Morgan fingerprint density at radius 3 is 2.88 bits per heavy atom. The molecule has 2 heterocycles. The molecule has 5 heteroatoms. The lowest BCUT2D eigenvalue weighted by Crippen LogP contribution is -2.46. The number of likely N-dealkylation sites (tertiary alicyclic amines) is 1. The van der Waals surface area contributed by atoms with Gasteiger partial charge < -0.3 is 14.8 Å². The molecule has 3 rings (SSSR count). The van der Waals surface area contributed by atoms with Crippen LogP contribution in [0.25, 0.3) is 0 Å². The van der Waals surface area contributed by atoms with Crippen molar-refractivity contribution in [2.75, 3.05) is 11.9 Å². The summed E-state index contributed by atoms with van der Waals surface area (Å²) in [5.74, 6) is 1.03. The van der Waals surface area contributed by atoms with Crippen LogP contribution < -0.4 is 5.32 Å². The van der Waals surface area contributed by atoms with Crippen LogP contribution in [0.5, 0.6) is 0 Å². The predicted octanol–water partition coefficient (Wildman–Crippen LogP) is 4.29. The highest BCUT2D eigenvalue weighted by Crippen LogP contribution is 2.23. The van der Waals surface area contributed by atoms with Gasteiger partial charge in [0, 0.05) is 37.2 Å². The number of hydrogen-bond acceptors (Lipinski definition) is 2. The molecule has 5 nitrogen and oxygen atoms in total. The van der Waals surface area contributed by atoms with Crippen molar-refractivity contribution < 1.29 is 4.79 Å². The SMILES string of the molecule is Cc1cccc(NC(=O)N2CCCC[C@@H]2CCn2ccnc2C)c1C. The van der Waals surface area contributed by atoms with Crippen molar-refractivity contribution in [1.29, 1.82) is 0 Å². The molecule has 1 aromatic carbocycles. The highest BCUT2D eigenvalue weighted by Gasteiger charge is 2.27. The number of piperidine rings is 1. The summed E-state index contributed by atoms with van der Waals surface area (Å²) in [7, 11) is 0. The first-order valence-electron chi connectivity index (χ1n) is 9.18. The summed E-state index contributed by atoms with van der Waals surface area (Å²) < 4.78 is 2.16. The molecule has 1 aliphatic rings. The molecule has 1 aliphatic heterocycles. The number of carbonyl (C=O) groups excluding carboxylic acids is 1. The Labute approximate surface area is 150 Å². The summed E-state index contributed by atoms with van der Waals surface area (Å²) in [6.45, 7) is 7.89. The fourth-order valence-electron chi connectivity index (χ4n) is 3.57. The smallest absolute Gasteiger partial charge is 0.322 e. The van der Waals surface area contributed by atoms with Crippen molar-refractivity contribution in [3.05, 3.63) is 47.5 Å². The molecule has 0 radical (unpaired) electrons. The monoisotopic (exact) mass is 340 g/mol. The number of hydrogen-bond donors (Lipinski definition) is 1. The van der Waals surface area contributed by atoms with Gasteiger partial charge in [-0.25, -0.2) is 9.78 Å². The Balaban J connectivity index is 1.66. The molecule has 134 valence electrons. The topological polar surface area (TPSA) is 50.2 Å². The summed E-state index contributed by atoms with van der Waals surface area (Å²) in [6.07, 6.45) is 8.17. The second-order valence-corrected chi connectivity index (χ2v) is 6.98. The van der Waals surface area contributed by atoms with E-state index in [-0.39, 0.29) is 6.03 Å². The first kappa shape index (κ1) is 17.5. The average Bonchev–Trinajstić information content (AvgIpc) is 3.02. The number of amides is 2. The van der Waals surface area contributed by atoms with Gasteiger partial charge in [0.05, 0.1) is 0 Å². The van der Waals surface area contributed by atoms with Gasteiger partial charge in [-0.05, 0) is 63.6 Å². The van der Waals surface area contributed by atoms with E-state index in [0.717, 1.165) is 49.4 Å². The lowest BCUT2D eigenvalue weighted by Gasteiger charge is -2.36. The van der Waals surface area contributed by atoms with Crippen LogP contribution in [0.2, 0.25) is 0 Å². The van der Waals surface area contributed by atoms with E-state index >= 15 is 0 Å². The van der Waals surface area contributed by atoms with Crippen LogP contribution in [0.1, 0.15) is 42.6 Å². The zero-order chi connectivity index (χ0) is 17.8. The first-order chi connectivity index (χ1) is 12.1. The minimum absolute atomic E-state index is 0.0285. The van der Waals surface area contributed by atoms with Gasteiger partial charge in [0.1, 0.15) is 5.82 Å². The number of nitrogens with zero attached hydrogens (tertiary/aromatic N) is 3. The number of aromatic nitrogens is 2. The minimum atomic E-state index is 0.0285. The molecule has 1 atom stereocenters. The number of carbonyl (C=O) groups is 1. The average molecular weight is 340 g/mol.